The molecule has 0 aromatic heterocycles. The zero-order chi connectivity index (χ0) is 24.4. The summed E-state index contributed by atoms with van der Waals surface area (Å²) < 4.78 is 16.5. The number of aliphatic hydroxyl groups is 1. The summed E-state index contributed by atoms with van der Waals surface area (Å²) in [6.07, 6.45) is 0.393. The number of rotatable bonds is 6. The van der Waals surface area contributed by atoms with E-state index in [0.717, 1.165) is 18.1 Å². The van der Waals surface area contributed by atoms with Gasteiger partial charge in [-0.2, -0.15) is 0 Å². The highest BCUT2D eigenvalue weighted by Crippen LogP contribution is 2.64. The van der Waals surface area contributed by atoms with Crippen molar-refractivity contribution in [2.45, 2.75) is 61.9 Å². The van der Waals surface area contributed by atoms with E-state index in [4.69, 9.17) is 14.2 Å². The van der Waals surface area contributed by atoms with Gasteiger partial charge in [0.1, 0.15) is 11.5 Å². The normalized spacial score (nSPS) is 31.4. The number of piperidine rings is 1. The minimum Gasteiger partial charge on any atom is -0.480 e. The second kappa shape index (κ2) is 7.64. The minimum absolute atomic E-state index is 0.158. The molecule has 0 unspecified atom stereocenters. The molecule has 1 spiro atoms. The van der Waals surface area contributed by atoms with Gasteiger partial charge in [-0.25, -0.2) is 4.79 Å². The summed E-state index contributed by atoms with van der Waals surface area (Å²) in [5.74, 6) is -2.65. The average molecular weight is 471 g/mol. The summed E-state index contributed by atoms with van der Waals surface area (Å²) in [6.45, 7) is 1.72. The predicted octanol–water partition coefficient (Wildman–Crippen LogP) is 0.726. The SMILES string of the molecule is CC(=O)O[C@@H](CC(=O)OC1=CC[C@@]2(O)[C@H]3Cc4ccc(C=O)c5c4[C@@]2(CCN3C)[C@H]1O5)C(=O)O. The van der Waals surface area contributed by atoms with Crippen molar-refractivity contribution < 1.29 is 43.6 Å². The van der Waals surface area contributed by atoms with Crippen molar-refractivity contribution in [1.29, 1.82) is 0 Å². The number of ether oxygens (including phenoxy) is 3. The molecule has 180 valence electrons. The van der Waals surface area contributed by atoms with E-state index >= 15 is 0 Å². The third-order valence-electron chi connectivity index (χ3n) is 7.70. The van der Waals surface area contributed by atoms with Gasteiger partial charge in [-0.05, 0) is 44.1 Å². The summed E-state index contributed by atoms with van der Waals surface area (Å²) >= 11 is 0. The topological polar surface area (TPSA) is 140 Å². The Morgan fingerprint density at radius 1 is 1.35 bits per heavy atom. The molecule has 1 fully saturated rings. The maximum atomic E-state index is 12.7. The van der Waals surface area contributed by atoms with Crippen molar-refractivity contribution >= 4 is 24.2 Å². The Kier molecular flexibility index (Phi) is 5.07. The van der Waals surface area contributed by atoms with E-state index in [2.05, 4.69) is 4.90 Å². The van der Waals surface area contributed by atoms with Gasteiger partial charge >= 0.3 is 17.9 Å². The molecular weight excluding hydrogens is 446 g/mol. The van der Waals surface area contributed by atoms with Crippen molar-refractivity contribution in [3.8, 4) is 5.75 Å². The number of aldehydes is 1. The van der Waals surface area contributed by atoms with E-state index in [1.807, 2.05) is 13.1 Å². The van der Waals surface area contributed by atoms with Crippen LogP contribution in [0.3, 0.4) is 0 Å². The zero-order valence-electron chi connectivity index (χ0n) is 18.8. The third-order valence-corrected chi connectivity index (χ3v) is 7.70. The molecule has 34 heavy (non-hydrogen) atoms. The number of likely N-dealkylation sites (tertiary alicyclic amines) is 1. The summed E-state index contributed by atoms with van der Waals surface area (Å²) in [6, 6.07) is 3.39. The molecule has 10 heteroatoms. The average Bonchev–Trinajstić information content (AvgIpc) is 3.13. The van der Waals surface area contributed by atoms with Gasteiger partial charge < -0.3 is 29.3 Å². The van der Waals surface area contributed by atoms with Crippen molar-refractivity contribution in [1.82, 2.24) is 4.90 Å². The van der Waals surface area contributed by atoms with Crippen LogP contribution >= 0.6 is 0 Å². The van der Waals surface area contributed by atoms with Crippen LogP contribution in [0.15, 0.2) is 24.0 Å². The highest BCUT2D eigenvalue weighted by Gasteiger charge is 2.71. The molecule has 1 saturated heterocycles. The van der Waals surface area contributed by atoms with Crippen molar-refractivity contribution in [3.63, 3.8) is 0 Å². The van der Waals surface area contributed by atoms with Gasteiger partial charge in [0.2, 0.25) is 6.10 Å². The van der Waals surface area contributed by atoms with E-state index in [0.29, 0.717) is 37.0 Å². The fourth-order valence-electron chi connectivity index (χ4n) is 6.27. The van der Waals surface area contributed by atoms with Crippen LogP contribution in [0, 0.1) is 0 Å². The number of hydrogen-bond donors (Lipinski definition) is 2. The quantitative estimate of drug-likeness (QED) is 0.451. The van der Waals surface area contributed by atoms with Crippen LogP contribution in [0.4, 0.5) is 0 Å². The van der Waals surface area contributed by atoms with Crippen LogP contribution in [-0.2, 0) is 35.7 Å². The summed E-state index contributed by atoms with van der Waals surface area (Å²) in [5, 5.41) is 21.3. The molecule has 1 aromatic carbocycles. The Balaban J connectivity index is 1.53. The first-order valence-electron chi connectivity index (χ1n) is 11.1. The number of likely N-dealkylation sites (N-methyl/N-ethyl adjacent to an activating group) is 1. The van der Waals surface area contributed by atoms with Gasteiger partial charge in [0, 0.05) is 24.9 Å². The molecule has 2 bridgehead atoms. The first-order chi connectivity index (χ1) is 16.1. The largest absolute Gasteiger partial charge is 0.480 e. The molecule has 2 aliphatic heterocycles. The lowest BCUT2D eigenvalue weighted by Gasteiger charge is -2.61. The van der Waals surface area contributed by atoms with E-state index in [-0.39, 0.29) is 18.2 Å². The van der Waals surface area contributed by atoms with Crippen LogP contribution < -0.4 is 4.74 Å². The number of hydrogen-bond acceptors (Lipinski definition) is 9. The molecule has 2 aliphatic carbocycles. The Labute approximate surface area is 195 Å². The Morgan fingerprint density at radius 3 is 2.79 bits per heavy atom. The van der Waals surface area contributed by atoms with Gasteiger partial charge in [0.25, 0.3) is 0 Å². The fourth-order valence-corrected chi connectivity index (χ4v) is 6.27. The van der Waals surface area contributed by atoms with Crippen molar-refractivity contribution in [2.75, 3.05) is 13.6 Å². The van der Waals surface area contributed by atoms with Crippen LogP contribution in [-0.4, -0.2) is 76.8 Å². The fraction of sp³-hybridized carbons (Fsp3) is 0.500. The minimum atomic E-state index is -1.68. The molecule has 1 aromatic rings. The van der Waals surface area contributed by atoms with Gasteiger partial charge in [-0.1, -0.05) is 6.07 Å². The summed E-state index contributed by atoms with van der Waals surface area (Å²) in [4.78, 5) is 49.1. The molecule has 5 rings (SSSR count). The first kappa shape index (κ1) is 22.5. The monoisotopic (exact) mass is 471 g/mol. The molecular formula is C24H25NO9. The molecule has 4 aliphatic rings. The van der Waals surface area contributed by atoms with E-state index < -0.39 is 47.6 Å². The predicted molar refractivity (Wildman–Crippen MR) is 114 cm³/mol. The van der Waals surface area contributed by atoms with Crippen LogP contribution in [0.1, 0.15) is 47.7 Å². The van der Waals surface area contributed by atoms with Crippen LogP contribution in [0.2, 0.25) is 0 Å². The van der Waals surface area contributed by atoms with Gasteiger partial charge in [-0.15, -0.1) is 0 Å². The van der Waals surface area contributed by atoms with E-state index in [1.165, 1.54) is 0 Å². The maximum Gasteiger partial charge on any atom is 0.345 e. The molecule has 0 saturated carbocycles. The maximum absolute atomic E-state index is 12.7. The number of carbonyl (C=O) groups excluding carboxylic acids is 3. The van der Waals surface area contributed by atoms with Gasteiger partial charge in [0.05, 0.1) is 23.0 Å². The molecule has 10 nitrogen and oxygen atoms in total. The number of benzene rings is 1. The van der Waals surface area contributed by atoms with E-state index in [9.17, 15) is 29.4 Å². The standard InChI is InChI=1S/C24H25NO9/c1-12(27)32-16(22(29)30)10-18(28)33-15-5-6-24(31)17-9-13-3-4-14(11-26)20-19(13)23(24,21(15)34-20)7-8-25(17)2/h3-5,11,16-17,21,31H,6-10H2,1-2H3,(H,29,30)/t16-,17+,21-,23-,24+/m0/s1. The van der Waals surface area contributed by atoms with Gasteiger partial charge in [0.15, 0.2) is 12.4 Å². The smallest absolute Gasteiger partial charge is 0.345 e. The van der Waals surface area contributed by atoms with Gasteiger partial charge in [-0.3, -0.25) is 14.4 Å². The van der Waals surface area contributed by atoms with Crippen molar-refractivity contribution in [2.24, 2.45) is 0 Å². The Morgan fingerprint density at radius 2 is 2.12 bits per heavy atom. The number of nitrogens with zero attached hydrogens (tertiary/aromatic N) is 1. The molecule has 5 atom stereocenters. The molecule has 2 heterocycles. The number of carboxylic acids is 1. The number of aliphatic carboxylic acids is 1. The Hall–Kier alpha value is -3.24. The molecule has 0 radical (unpaired) electrons. The third kappa shape index (κ3) is 2.94. The molecule has 0 amide bonds. The molecule has 2 N–H and O–H groups in total. The lowest BCUT2D eigenvalue weighted by atomic mass is 9.50. The number of carbonyl (C=O) groups is 4. The second-order valence-corrected chi connectivity index (χ2v) is 9.41. The van der Waals surface area contributed by atoms with Crippen LogP contribution in [0.25, 0.3) is 0 Å². The van der Waals surface area contributed by atoms with Crippen LogP contribution in [0.5, 0.6) is 5.75 Å². The number of carboxylic acid groups (broad SMARTS) is 1. The highest BCUT2D eigenvalue weighted by atomic mass is 16.6. The number of esters is 2. The highest BCUT2D eigenvalue weighted by molar-refractivity contribution is 5.84. The first-order valence-corrected chi connectivity index (χ1v) is 11.1. The van der Waals surface area contributed by atoms with E-state index in [1.54, 1.807) is 12.1 Å². The zero-order valence-corrected chi connectivity index (χ0v) is 18.8. The Bertz CT molecular complexity index is 1140. The van der Waals surface area contributed by atoms with Crippen molar-refractivity contribution in [3.05, 3.63) is 40.7 Å². The second-order valence-electron chi connectivity index (χ2n) is 9.41. The lowest BCUT2D eigenvalue weighted by Crippen LogP contribution is -2.74. The lowest BCUT2D eigenvalue weighted by molar-refractivity contribution is -0.173. The summed E-state index contributed by atoms with van der Waals surface area (Å²) in [7, 11) is 1.96. The summed E-state index contributed by atoms with van der Waals surface area (Å²) in [5.41, 5.74) is 0.00519.